The molecule has 0 saturated heterocycles. The first-order valence-corrected chi connectivity index (χ1v) is 10.1. The van der Waals surface area contributed by atoms with E-state index in [-0.39, 0.29) is 17.3 Å². The van der Waals surface area contributed by atoms with Gasteiger partial charge in [0.1, 0.15) is 4.90 Å². The molecular weight excluding hydrogens is 404 g/mol. The fourth-order valence-corrected chi connectivity index (χ4v) is 5.15. The predicted octanol–water partition coefficient (Wildman–Crippen LogP) is 3.18. The van der Waals surface area contributed by atoms with Crippen LogP contribution in [0.25, 0.3) is 0 Å². The predicted molar refractivity (Wildman–Crippen MR) is 101 cm³/mol. The van der Waals surface area contributed by atoms with Gasteiger partial charge in [-0.2, -0.15) is 4.31 Å². The Morgan fingerprint density at radius 1 is 1.24 bits per heavy atom. The van der Waals surface area contributed by atoms with Crippen LogP contribution in [0.1, 0.15) is 18.1 Å². The van der Waals surface area contributed by atoms with Crippen LogP contribution >= 0.6 is 15.9 Å². The second-order valence-electron chi connectivity index (χ2n) is 6.08. The molecule has 1 heterocycles. The number of sulfonamides is 1. The Hall–Kier alpha value is -1.70. The number of rotatable bonds is 4. The van der Waals surface area contributed by atoms with Crippen LogP contribution < -0.4 is 4.90 Å². The number of amides is 1. The van der Waals surface area contributed by atoms with Gasteiger partial charge in [-0.05, 0) is 29.7 Å². The summed E-state index contributed by atoms with van der Waals surface area (Å²) in [4.78, 5) is 13.7. The highest BCUT2D eigenvalue weighted by molar-refractivity contribution is 9.10. The molecule has 1 aliphatic heterocycles. The SMILES string of the molecule is CC(=O)N1CCc2cc(Br)cc(S(=O)(=O)N(C)Cc3ccccc3)c21. The Morgan fingerprint density at radius 2 is 1.92 bits per heavy atom. The minimum absolute atomic E-state index is 0.150. The molecule has 0 bridgehead atoms. The van der Waals surface area contributed by atoms with Crippen LogP contribution in [0.15, 0.2) is 51.8 Å². The van der Waals surface area contributed by atoms with Gasteiger partial charge in [-0.3, -0.25) is 4.79 Å². The van der Waals surface area contributed by atoms with Crippen molar-refractivity contribution in [3.05, 3.63) is 58.1 Å². The number of carbonyl (C=O) groups is 1. The molecule has 7 heteroatoms. The molecule has 2 aromatic carbocycles. The van der Waals surface area contributed by atoms with Crippen LogP contribution in [-0.4, -0.2) is 32.2 Å². The summed E-state index contributed by atoms with van der Waals surface area (Å²) < 4.78 is 28.4. The van der Waals surface area contributed by atoms with E-state index in [2.05, 4.69) is 15.9 Å². The standard InChI is InChI=1S/C18H19BrN2O3S/c1-13(22)21-9-8-15-10-16(19)11-17(18(15)21)25(23,24)20(2)12-14-6-4-3-5-7-14/h3-7,10-11H,8-9,12H2,1-2H3. The van der Waals surface area contributed by atoms with Crippen molar-refractivity contribution >= 4 is 37.5 Å². The summed E-state index contributed by atoms with van der Waals surface area (Å²) in [7, 11) is -2.18. The van der Waals surface area contributed by atoms with Crippen LogP contribution in [0, 0.1) is 0 Å². The van der Waals surface area contributed by atoms with E-state index < -0.39 is 10.0 Å². The van der Waals surface area contributed by atoms with E-state index in [0.717, 1.165) is 11.1 Å². The van der Waals surface area contributed by atoms with Crippen molar-refractivity contribution in [2.75, 3.05) is 18.5 Å². The van der Waals surface area contributed by atoms with Crippen molar-refractivity contribution in [1.82, 2.24) is 4.31 Å². The number of hydrogen-bond acceptors (Lipinski definition) is 3. The van der Waals surface area contributed by atoms with Gasteiger partial charge in [-0.15, -0.1) is 0 Å². The molecule has 0 N–H and O–H groups in total. The van der Waals surface area contributed by atoms with Crippen LogP contribution in [0.2, 0.25) is 0 Å². The zero-order valence-corrected chi connectivity index (χ0v) is 16.5. The number of benzene rings is 2. The van der Waals surface area contributed by atoms with Gasteiger partial charge >= 0.3 is 0 Å². The highest BCUT2D eigenvalue weighted by Gasteiger charge is 2.33. The maximum absolute atomic E-state index is 13.2. The Kier molecular flexibility index (Phi) is 4.99. The molecule has 5 nitrogen and oxygen atoms in total. The fraction of sp³-hybridized carbons (Fsp3) is 0.278. The molecule has 0 aliphatic carbocycles. The Balaban J connectivity index is 2.04. The van der Waals surface area contributed by atoms with Gasteiger partial charge in [0, 0.05) is 31.5 Å². The van der Waals surface area contributed by atoms with Crippen LogP contribution in [-0.2, 0) is 27.8 Å². The third kappa shape index (κ3) is 3.49. The number of halogens is 1. The molecule has 1 amide bonds. The number of nitrogens with zero attached hydrogens (tertiary/aromatic N) is 2. The van der Waals surface area contributed by atoms with Gasteiger partial charge in [0.15, 0.2) is 0 Å². The minimum Gasteiger partial charge on any atom is -0.311 e. The number of hydrogen-bond donors (Lipinski definition) is 0. The maximum atomic E-state index is 13.2. The summed E-state index contributed by atoms with van der Waals surface area (Å²) in [5.74, 6) is -0.150. The fourth-order valence-electron chi connectivity index (χ4n) is 3.07. The lowest BCUT2D eigenvalue weighted by Gasteiger charge is -2.23. The minimum atomic E-state index is -3.74. The maximum Gasteiger partial charge on any atom is 0.245 e. The Bertz CT molecular complexity index is 913. The van der Waals surface area contributed by atoms with E-state index in [0.29, 0.717) is 23.1 Å². The van der Waals surface area contributed by atoms with Gasteiger partial charge in [0.05, 0.1) is 5.69 Å². The highest BCUT2D eigenvalue weighted by atomic mass is 79.9. The molecule has 25 heavy (non-hydrogen) atoms. The van der Waals surface area contributed by atoms with E-state index in [1.807, 2.05) is 36.4 Å². The quantitative estimate of drug-likeness (QED) is 0.759. The molecule has 132 valence electrons. The number of carbonyl (C=O) groups excluding carboxylic acids is 1. The van der Waals surface area contributed by atoms with Crippen LogP contribution in [0.3, 0.4) is 0 Å². The van der Waals surface area contributed by atoms with Crippen molar-refractivity contribution < 1.29 is 13.2 Å². The average molecular weight is 423 g/mol. The first-order chi connectivity index (χ1) is 11.8. The lowest BCUT2D eigenvalue weighted by molar-refractivity contribution is -0.116. The summed E-state index contributed by atoms with van der Waals surface area (Å²) in [6.45, 7) is 2.23. The summed E-state index contributed by atoms with van der Waals surface area (Å²) >= 11 is 3.39. The van der Waals surface area contributed by atoms with Crippen molar-refractivity contribution in [3.63, 3.8) is 0 Å². The van der Waals surface area contributed by atoms with Gasteiger partial charge in [-0.25, -0.2) is 8.42 Å². The Labute approximate surface area is 156 Å². The highest BCUT2D eigenvalue weighted by Crippen LogP contribution is 2.38. The molecule has 1 aliphatic rings. The second-order valence-corrected chi connectivity index (χ2v) is 9.01. The number of anilines is 1. The lowest BCUT2D eigenvalue weighted by Crippen LogP contribution is -2.31. The van der Waals surface area contributed by atoms with Crippen LogP contribution in [0.5, 0.6) is 0 Å². The molecule has 0 fully saturated rings. The first kappa shape index (κ1) is 18.1. The third-order valence-electron chi connectivity index (χ3n) is 4.31. The Morgan fingerprint density at radius 3 is 2.56 bits per heavy atom. The van der Waals surface area contributed by atoms with Crippen LogP contribution in [0.4, 0.5) is 5.69 Å². The molecule has 0 atom stereocenters. The van der Waals surface area contributed by atoms with Crippen molar-refractivity contribution in [3.8, 4) is 0 Å². The van der Waals surface area contributed by atoms with E-state index in [1.165, 1.54) is 11.2 Å². The van der Waals surface area contributed by atoms with E-state index in [9.17, 15) is 13.2 Å². The van der Waals surface area contributed by atoms with Gasteiger partial charge < -0.3 is 4.90 Å². The lowest BCUT2D eigenvalue weighted by atomic mass is 10.2. The average Bonchev–Trinajstić information content (AvgIpc) is 2.98. The van der Waals surface area contributed by atoms with Gasteiger partial charge in [0.25, 0.3) is 0 Å². The first-order valence-electron chi connectivity index (χ1n) is 7.91. The van der Waals surface area contributed by atoms with E-state index in [1.54, 1.807) is 18.0 Å². The van der Waals surface area contributed by atoms with Crippen molar-refractivity contribution in [2.24, 2.45) is 0 Å². The number of fused-ring (bicyclic) bond motifs is 1. The second kappa shape index (κ2) is 6.90. The van der Waals surface area contributed by atoms with E-state index >= 15 is 0 Å². The zero-order valence-electron chi connectivity index (χ0n) is 14.1. The smallest absolute Gasteiger partial charge is 0.245 e. The zero-order chi connectivity index (χ0) is 18.2. The molecule has 3 rings (SSSR count). The van der Waals surface area contributed by atoms with E-state index in [4.69, 9.17) is 0 Å². The molecule has 0 saturated carbocycles. The molecular formula is C18H19BrN2O3S. The third-order valence-corrected chi connectivity index (χ3v) is 6.58. The molecule has 0 spiro atoms. The summed E-state index contributed by atoms with van der Waals surface area (Å²) in [5.41, 5.74) is 2.29. The summed E-state index contributed by atoms with van der Waals surface area (Å²) in [6, 6.07) is 12.9. The van der Waals surface area contributed by atoms with Gasteiger partial charge in [0.2, 0.25) is 15.9 Å². The topological polar surface area (TPSA) is 57.7 Å². The van der Waals surface area contributed by atoms with Gasteiger partial charge in [-0.1, -0.05) is 46.3 Å². The largest absolute Gasteiger partial charge is 0.311 e. The monoisotopic (exact) mass is 422 g/mol. The summed E-state index contributed by atoms with van der Waals surface area (Å²) in [5, 5.41) is 0. The molecule has 0 unspecified atom stereocenters. The molecule has 0 aromatic heterocycles. The molecule has 0 radical (unpaired) electrons. The normalized spacial score (nSPS) is 14.0. The van der Waals surface area contributed by atoms with Crippen molar-refractivity contribution in [2.45, 2.75) is 24.8 Å². The molecule has 2 aromatic rings. The van der Waals surface area contributed by atoms with Crippen molar-refractivity contribution in [1.29, 1.82) is 0 Å². The summed E-state index contributed by atoms with van der Waals surface area (Å²) in [6.07, 6.45) is 0.652.